The van der Waals surface area contributed by atoms with E-state index in [1.165, 1.54) is 5.56 Å². The Hall–Kier alpha value is -3.58. The first-order valence-corrected chi connectivity index (χ1v) is 11.0. The lowest BCUT2D eigenvalue weighted by Gasteiger charge is -2.31. The van der Waals surface area contributed by atoms with Crippen LogP contribution in [0.2, 0.25) is 0 Å². The average Bonchev–Trinajstić information content (AvgIpc) is 3.26. The zero-order valence-corrected chi connectivity index (χ0v) is 18.1. The molecule has 0 aliphatic carbocycles. The molecule has 4 heterocycles. The summed E-state index contributed by atoms with van der Waals surface area (Å²) >= 11 is 0. The van der Waals surface area contributed by atoms with Crippen molar-refractivity contribution in [1.29, 1.82) is 0 Å². The van der Waals surface area contributed by atoms with Crippen molar-refractivity contribution in [3.05, 3.63) is 72.7 Å². The fourth-order valence-corrected chi connectivity index (χ4v) is 4.22. The van der Waals surface area contributed by atoms with E-state index < -0.39 is 0 Å². The van der Waals surface area contributed by atoms with Gasteiger partial charge in [-0.25, -0.2) is 9.97 Å². The second kappa shape index (κ2) is 8.88. The number of aryl methyl sites for hydroxylation is 1. The number of rotatable bonds is 5. The maximum atomic E-state index is 12.9. The molecule has 5 rings (SSSR count). The number of anilines is 1. The maximum absolute atomic E-state index is 12.9. The normalized spacial score (nSPS) is 15.2. The van der Waals surface area contributed by atoms with Crippen LogP contribution < -0.4 is 5.32 Å². The molecule has 32 heavy (non-hydrogen) atoms. The molecule has 1 amide bonds. The van der Waals surface area contributed by atoms with Crippen LogP contribution in [-0.2, 0) is 18.4 Å². The van der Waals surface area contributed by atoms with E-state index in [4.69, 9.17) is 4.98 Å². The summed E-state index contributed by atoms with van der Waals surface area (Å²) < 4.78 is 1.75. The zero-order chi connectivity index (χ0) is 21.9. The molecule has 1 aliphatic heterocycles. The highest BCUT2D eigenvalue weighted by atomic mass is 16.1. The van der Waals surface area contributed by atoms with Crippen LogP contribution in [0.5, 0.6) is 0 Å². The predicted octanol–water partition coefficient (Wildman–Crippen LogP) is 3.88. The fourth-order valence-electron chi connectivity index (χ4n) is 4.22. The quantitative estimate of drug-likeness (QED) is 0.524. The summed E-state index contributed by atoms with van der Waals surface area (Å²) in [4.78, 5) is 24.4. The van der Waals surface area contributed by atoms with Gasteiger partial charge in [-0.3, -0.25) is 14.4 Å². The van der Waals surface area contributed by atoms with E-state index in [0.29, 0.717) is 5.82 Å². The molecule has 1 fully saturated rings. The highest BCUT2D eigenvalue weighted by Crippen LogP contribution is 2.23. The molecule has 0 saturated carbocycles. The van der Waals surface area contributed by atoms with Gasteiger partial charge in [-0.2, -0.15) is 5.10 Å². The minimum absolute atomic E-state index is 0.00852. The van der Waals surface area contributed by atoms with Crippen LogP contribution in [0.4, 0.5) is 5.82 Å². The summed E-state index contributed by atoms with van der Waals surface area (Å²) in [5.74, 6) is 0.596. The fraction of sp³-hybridized carbons (Fsp3) is 0.280. The van der Waals surface area contributed by atoms with E-state index in [2.05, 4.69) is 44.6 Å². The van der Waals surface area contributed by atoms with Gasteiger partial charge < -0.3 is 5.32 Å². The number of fused-ring (bicyclic) bond motifs is 1. The highest BCUT2D eigenvalue weighted by Gasteiger charge is 2.25. The van der Waals surface area contributed by atoms with E-state index >= 15 is 0 Å². The summed E-state index contributed by atoms with van der Waals surface area (Å²) in [5, 5.41) is 8.16. The third-order valence-corrected chi connectivity index (χ3v) is 6.03. The number of piperidine rings is 1. The number of pyridine rings is 2. The molecule has 7 heteroatoms. The van der Waals surface area contributed by atoms with Crippen LogP contribution in [0.15, 0.2) is 67.1 Å². The van der Waals surface area contributed by atoms with E-state index in [0.717, 1.165) is 54.6 Å². The Morgan fingerprint density at radius 1 is 1.09 bits per heavy atom. The maximum Gasteiger partial charge on any atom is 0.228 e. The lowest BCUT2D eigenvalue weighted by atomic mass is 9.95. The van der Waals surface area contributed by atoms with Crippen LogP contribution in [-0.4, -0.2) is 43.6 Å². The van der Waals surface area contributed by atoms with Crippen molar-refractivity contribution in [3.63, 3.8) is 0 Å². The lowest BCUT2D eigenvalue weighted by Crippen LogP contribution is -2.37. The Kier molecular flexibility index (Phi) is 5.64. The first-order valence-electron chi connectivity index (χ1n) is 11.0. The monoisotopic (exact) mass is 426 g/mol. The number of likely N-dealkylation sites (tertiary alicyclic amines) is 1. The lowest BCUT2D eigenvalue weighted by molar-refractivity contribution is -0.121. The molecule has 1 aromatic carbocycles. The van der Waals surface area contributed by atoms with E-state index in [-0.39, 0.29) is 11.8 Å². The standard InChI is InChI=1S/C25H26N6O/c1-30-17-21(15-27-30)22-8-7-20-14-26-24(13-23(20)28-22)29-25(32)19-9-11-31(12-10-19)16-18-5-3-2-4-6-18/h2-8,13-15,17,19H,9-12,16H2,1H3,(H,26,29,32). The summed E-state index contributed by atoms with van der Waals surface area (Å²) in [6, 6.07) is 16.3. The van der Waals surface area contributed by atoms with Gasteiger partial charge >= 0.3 is 0 Å². The van der Waals surface area contributed by atoms with Gasteiger partial charge in [0.05, 0.1) is 17.4 Å². The average molecular weight is 427 g/mol. The van der Waals surface area contributed by atoms with Crippen molar-refractivity contribution in [2.75, 3.05) is 18.4 Å². The Labute approximate surface area is 187 Å². The molecule has 1 saturated heterocycles. The number of nitrogens with zero attached hydrogens (tertiary/aromatic N) is 5. The largest absolute Gasteiger partial charge is 0.310 e. The Morgan fingerprint density at radius 3 is 2.66 bits per heavy atom. The summed E-state index contributed by atoms with van der Waals surface area (Å²) in [6.07, 6.45) is 7.20. The highest BCUT2D eigenvalue weighted by molar-refractivity contribution is 5.93. The molecule has 0 bridgehead atoms. The number of hydrogen-bond acceptors (Lipinski definition) is 5. The van der Waals surface area contributed by atoms with E-state index in [1.807, 2.05) is 37.5 Å². The van der Waals surface area contributed by atoms with Gasteiger partial charge in [-0.1, -0.05) is 30.3 Å². The van der Waals surface area contributed by atoms with Gasteiger partial charge in [0, 0.05) is 48.9 Å². The predicted molar refractivity (Wildman–Crippen MR) is 125 cm³/mol. The van der Waals surface area contributed by atoms with Crippen LogP contribution in [0.3, 0.4) is 0 Å². The Morgan fingerprint density at radius 2 is 1.91 bits per heavy atom. The molecular formula is C25H26N6O. The third kappa shape index (κ3) is 4.53. The Bertz CT molecular complexity index is 1230. The minimum atomic E-state index is 0.00852. The molecule has 7 nitrogen and oxygen atoms in total. The minimum Gasteiger partial charge on any atom is -0.310 e. The topological polar surface area (TPSA) is 75.9 Å². The van der Waals surface area contributed by atoms with Crippen LogP contribution in [0, 0.1) is 5.92 Å². The smallest absolute Gasteiger partial charge is 0.228 e. The van der Waals surface area contributed by atoms with Crippen LogP contribution in [0.1, 0.15) is 18.4 Å². The van der Waals surface area contributed by atoms with Crippen molar-refractivity contribution in [1.82, 2.24) is 24.6 Å². The molecular weight excluding hydrogens is 400 g/mol. The van der Waals surface area contributed by atoms with E-state index in [9.17, 15) is 4.79 Å². The van der Waals surface area contributed by atoms with Gasteiger partial charge in [-0.05, 0) is 43.6 Å². The SMILES string of the molecule is Cn1cc(-c2ccc3cnc(NC(=O)C4CCN(Cc5ccccc5)CC4)cc3n2)cn1. The number of hydrogen-bond donors (Lipinski definition) is 1. The zero-order valence-electron chi connectivity index (χ0n) is 18.1. The van der Waals surface area contributed by atoms with Crippen molar-refractivity contribution in [3.8, 4) is 11.3 Å². The number of amides is 1. The molecule has 4 aromatic rings. The second-order valence-electron chi connectivity index (χ2n) is 8.39. The van der Waals surface area contributed by atoms with Crippen LogP contribution >= 0.6 is 0 Å². The summed E-state index contributed by atoms with van der Waals surface area (Å²) in [7, 11) is 1.88. The van der Waals surface area contributed by atoms with Crippen molar-refractivity contribution in [2.24, 2.45) is 13.0 Å². The molecule has 1 N–H and O–H groups in total. The van der Waals surface area contributed by atoms with Crippen molar-refractivity contribution >= 4 is 22.6 Å². The number of aromatic nitrogens is 4. The molecule has 0 unspecified atom stereocenters. The summed E-state index contributed by atoms with van der Waals surface area (Å²) in [6.45, 7) is 2.79. The van der Waals surface area contributed by atoms with Crippen LogP contribution in [0.25, 0.3) is 22.2 Å². The molecule has 0 spiro atoms. The van der Waals surface area contributed by atoms with Gasteiger partial charge in [0.25, 0.3) is 0 Å². The number of carbonyl (C=O) groups excluding carboxylic acids is 1. The van der Waals surface area contributed by atoms with E-state index in [1.54, 1.807) is 17.1 Å². The van der Waals surface area contributed by atoms with Gasteiger partial charge in [-0.15, -0.1) is 0 Å². The van der Waals surface area contributed by atoms with Crippen molar-refractivity contribution < 1.29 is 4.79 Å². The van der Waals surface area contributed by atoms with Gasteiger partial charge in [0.1, 0.15) is 5.82 Å². The van der Waals surface area contributed by atoms with Gasteiger partial charge in [0.2, 0.25) is 5.91 Å². The number of carbonyl (C=O) groups is 1. The molecule has 0 radical (unpaired) electrons. The first-order chi connectivity index (χ1) is 15.6. The molecule has 0 atom stereocenters. The number of benzene rings is 1. The van der Waals surface area contributed by atoms with Gasteiger partial charge in [0.15, 0.2) is 0 Å². The number of nitrogens with one attached hydrogen (secondary N) is 1. The molecule has 3 aromatic heterocycles. The van der Waals surface area contributed by atoms with Crippen molar-refractivity contribution in [2.45, 2.75) is 19.4 Å². The molecule has 162 valence electrons. The molecule has 1 aliphatic rings. The first kappa shape index (κ1) is 20.3. The summed E-state index contributed by atoms with van der Waals surface area (Å²) in [5.41, 5.74) is 3.92. The Balaban J connectivity index is 1.22. The third-order valence-electron chi connectivity index (χ3n) is 6.03. The second-order valence-corrected chi connectivity index (χ2v) is 8.39.